The summed E-state index contributed by atoms with van der Waals surface area (Å²) in [6.07, 6.45) is 1.79. The standard InChI is InChI=1S/C13H15BrN2O2/c1-3-16-12(14)8-15-13(16)9-18-11-6-4-10(17-2)5-7-11/h4-8H,3,9H2,1-2H3. The highest BCUT2D eigenvalue weighted by Gasteiger charge is 2.06. The summed E-state index contributed by atoms with van der Waals surface area (Å²) in [5.41, 5.74) is 0. The van der Waals surface area contributed by atoms with Crippen LogP contribution in [0.5, 0.6) is 11.5 Å². The van der Waals surface area contributed by atoms with E-state index in [0.717, 1.165) is 28.5 Å². The Kier molecular flexibility index (Phi) is 4.25. The first-order chi connectivity index (χ1) is 8.74. The third kappa shape index (κ3) is 2.85. The van der Waals surface area contributed by atoms with Gasteiger partial charge in [-0.25, -0.2) is 4.98 Å². The Hall–Kier alpha value is -1.49. The lowest BCUT2D eigenvalue weighted by molar-refractivity contribution is 0.289. The zero-order valence-corrected chi connectivity index (χ0v) is 12.0. The molecule has 0 bridgehead atoms. The number of methoxy groups -OCH3 is 1. The zero-order chi connectivity index (χ0) is 13.0. The predicted molar refractivity (Wildman–Crippen MR) is 72.9 cm³/mol. The number of hydrogen-bond acceptors (Lipinski definition) is 3. The molecule has 18 heavy (non-hydrogen) atoms. The summed E-state index contributed by atoms with van der Waals surface area (Å²) in [6.45, 7) is 3.39. The van der Waals surface area contributed by atoms with Crippen molar-refractivity contribution in [1.29, 1.82) is 0 Å². The summed E-state index contributed by atoms with van der Waals surface area (Å²) in [5, 5.41) is 0. The Morgan fingerprint density at radius 1 is 1.22 bits per heavy atom. The van der Waals surface area contributed by atoms with Crippen LogP contribution < -0.4 is 9.47 Å². The van der Waals surface area contributed by atoms with Crippen LogP contribution in [0.25, 0.3) is 0 Å². The lowest BCUT2D eigenvalue weighted by Gasteiger charge is -2.08. The minimum atomic E-state index is 0.450. The second kappa shape index (κ2) is 5.91. The molecule has 2 aromatic rings. The van der Waals surface area contributed by atoms with Gasteiger partial charge in [0, 0.05) is 6.54 Å². The summed E-state index contributed by atoms with van der Waals surface area (Å²) >= 11 is 3.45. The maximum atomic E-state index is 5.69. The SMILES string of the molecule is CCn1c(Br)cnc1COc1ccc(OC)cc1. The van der Waals surface area contributed by atoms with E-state index in [4.69, 9.17) is 9.47 Å². The smallest absolute Gasteiger partial charge is 0.147 e. The van der Waals surface area contributed by atoms with E-state index in [0.29, 0.717) is 6.61 Å². The number of rotatable bonds is 5. The van der Waals surface area contributed by atoms with Gasteiger partial charge in [-0.1, -0.05) is 0 Å². The number of nitrogens with zero attached hydrogens (tertiary/aromatic N) is 2. The first-order valence-corrected chi connectivity index (χ1v) is 6.50. The Bertz CT molecular complexity index is 508. The van der Waals surface area contributed by atoms with E-state index in [9.17, 15) is 0 Å². The highest BCUT2D eigenvalue weighted by molar-refractivity contribution is 9.10. The van der Waals surface area contributed by atoms with Gasteiger partial charge < -0.3 is 14.0 Å². The van der Waals surface area contributed by atoms with Gasteiger partial charge in [0.15, 0.2) is 0 Å². The Labute approximate surface area is 115 Å². The monoisotopic (exact) mass is 310 g/mol. The third-order valence-corrected chi connectivity index (χ3v) is 3.27. The van der Waals surface area contributed by atoms with Crippen LogP contribution in [0.15, 0.2) is 35.1 Å². The van der Waals surface area contributed by atoms with Crippen LogP contribution in [-0.4, -0.2) is 16.7 Å². The molecule has 0 saturated carbocycles. The molecule has 4 nitrogen and oxygen atoms in total. The van der Waals surface area contributed by atoms with Crippen LogP contribution in [0.2, 0.25) is 0 Å². The molecule has 0 unspecified atom stereocenters. The second-order valence-electron chi connectivity index (χ2n) is 3.71. The Balaban J connectivity index is 2.02. The molecule has 0 aliphatic rings. The number of imidazole rings is 1. The maximum Gasteiger partial charge on any atom is 0.147 e. The fraction of sp³-hybridized carbons (Fsp3) is 0.308. The van der Waals surface area contributed by atoms with Crippen molar-refractivity contribution in [2.45, 2.75) is 20.1 Å². The van der Waals surface area contributed by atoms with E-state index in [2.05, 4.69) is 32.4 Å². The van der Waals surface area contributed by atoms with Crippen molar-refractivity contribution in [2.75, 3.05) is 7.11 Å². The average molecular weight is 311 g/mol. The van der Waals surface area contributed by atoms with Gasteiger partial charge >= 0.3 is 0 Å². The van der Waals surface area contributed by atoms with Crippen LogP contribution in [0.3, 0.4) is 0 Å². The van der Waals surface area contributed by atoms with E-state index in [1.807, 2.05) is 24.3 Å². The highest BCUT2D eigenvalue weighted by Crippen LogP contribution is 2.19. The largest absolute Gasteiger partial charge is 0.497 e. The van der Waals surface area contributed by atoms with Crippen molar-refractivity contribution in [1.82, 2.24) is 9.55 Å². The van der Waals surface area contributed by atoms with E-state index in [1.54, 1.807) is 13.3 Å². The molecule has 0 aliphatic carbocycles. The van der Waals surface area contributed by atoms with Crippen molar-refractivity contribution in [2.24, 2.45) is 0 Å². The van der Waals surface area contributed by atoms with Gasteiger partial charge in [-0.05, 0) is 47.1 Å². The topological polar surface area (TPSA) is 36.3 Å². The van der Waals surface area contributed by atoms with Crippen LogP contribution >= 0.6 is 15.9 Å². The minimum Gasteiger partial charge on any atom is -0.497 e. The number of halogens is 1. The number of ether oxygens (including phenoxy) is 2. The fourth-order valence-corrected chi connectivity index (χ4v) is 2.22. The lowest BCUT2D eigenvalue weighted by atomic mass is 10.3. The predicted octanol–water partition coefficient (Wildman–Crippen LogP) is 3.25. The van der Waals surface area contributed by atoms with Gasteiger partial charge in [0.1, 0.15) is 28.5 Å². The molecule has 96 valence electrons. The first kappa shape index (κ1) is 13.0. The van der Waals surface area contributed by atoms with Crippen molar-refractivity contribution in [3.8, 4) is 11.5 Å². The summed E-state index contributed by atoms with van der Waals surface area (Å²) in [5.74, 6) is 2.53. The lowest BCUT2D eigenvalue weighted by Crippen LogP contribution is -2.06. The van der Waals surface area contributed by atoms with Crippen molar-refractivity contribution in [3.05, 3.63) is 40.9 Å². The summed E-state index contributed by atoms with van der Waals surface area (Å²) in [4.78, 5) is 4.30. The molecule has 0 radical (unpaired) electrons. The Morgan fingerprint density at radius 2 is 1.89 bits per heavy atom. The maximum absolute atomic E-state index is 5.69. The highest BCUT2D eigenvalue weighted by atomic mass is 79.9. The molecule has 0 fully saturated rings. The van der Waals surface area contributed by atoms with Crippen LogP contribution in [0.4, 0.5) is 0 Å². The molecule has 0 atom stereocenters. The van der Waals surface area contributed by atoms with Crippen LogP contribution in [0, 0.1) is 0 Å². The van der Waals surface area contributed by atoms with Crippen LogP contribution in [0.1, 0.15) is 12.7 Å². The fourth-order valence-electron chi connectivity index (χ4n) is 1.66. The molecular weight excluding hydrogens is 296 g/mol. The first-order valence-electron chi connectivity index (χ1n) is 5.71. The zero-order valence-electron chi connectivity index (χ0n) is 10.4. The quantitative estimate of drug-likeness (QED) is 0.850. The molecule has 1 heterocycles. The van der Waals surface area contributed by atoms with Crippen molar-refractivity contribution in [3.63, 3.8) is 0 Å². The van der Waals surface area contributed by atoms with Crippen molar-refractivity contribution >= 4 is 15.9 Å². The van der Waals surface area contributed by atoms with E-state index >= 15 is 0 Å². The van der Waals surface area contributed by atoms with E-state index in [-0.39, 0.29) is 0 Å². The van der Waals surface area contributed by atoms with Gasteiger partial charge in [-0.15, -0.1) is 0 Å². The average Bonchev–Trinajstić information content (AvgIpc) is 2.77. The van der Waals surface area contributed by atoms with Crippen LogP contribution in [-0.2, 0) is 13.2 Å². The van der Waals surface area contributed by atoms with Gasteiger partial charge in [0.2, 0.25) is 0 Å². The molecule has 2 rings (SSSR count). The van der Waals surface area contributed by atoms with Gasteiger partial charge in [-0.2, -0.15) is 0 Å². The molecule has 0 spiro atoms. The molecule has 0 N–H and O–H groups in total. The second-order valence-corrected chi connectivity index (χ2v) is 4.52. The van der Waals surface area contributed by atoms with Gasteiger partial charge in [0.05, 0.1) is 13.3 Å². The molecule has 0 amide bonds. The number of aromatic nitrogens is 2. The van der Waals surface area contributed by atoms with E-state index < -0.39 is 0 Å². The molecule has 1 aromatic heterocycles. The van der Waals surface area contributed by atoms with Crippen molar-refractivity contribution < 1.29 is 9.47 Å². The summed E-state index contributed by atoms with van der Waals surface area (Å²) < 4.78 is 13.8. The molecule has 0 aliphatic heterocycles. The number of benzene rings is 1. The molecular formula is C13H15BrN2O2. The summed E-state index contributed by atoms with van der Waals surface area (Å²) in [7, 11) is 1.64. The number of hydrogen-bond donors (Lipinski definition) is 0. The van der Waals surface area contributed by atoms with Gasteiger partial charge in [0.25, 0.3) is 0 Å². The summed E-state index contributed by atoms with van der Waals surface area (Å²) in [6, 6.07) is 7.51. The minimum absolute atomic E-state index is 0.450. The molecule has 1 aromatic carbocycles. The van der Waals surface area contributed by atoms with E-state index in [1.165, 1.54) is 0 Å². The normalized spacial score (nSPS) is 10.4. The molecule has 0 saturated heterocycles. The Morgan fingerprint density at radius 3 is 2.50 bits per heavy atom. The molecule has 5 heteroatoms. The third-order valence-electron chi connectivity index (χ3n) is 2.63. The van der Waals surface area contributed by atoms with Gasteiger partial charge in [-0.3, -0.25) is 0 Å².